The molecule has 0 aliphatic carbocycles. The van der Waals surface area contributed by atoms with Crippen LogP contribution in [0.15, 0.2) is 16.6 Å². The fraction of sp³-hybridized carbons (Fsp3) is 0.533. The van der Waals surface area contributed by atoms with Crippen molar-refractivity contribution in [2.45, 2.75) is 19.9 Å². The minimum absolute atomic E-state index is 0.239. The highest BCUT2D eigenvalue weighted by Crippen LogP contribution is 2.28. The molecule has 0 aromatic heterocycles. The Balaban J connectivity index is 2.68. The van der Waals surface area contributed by atoms with E-state index in [4.69, 9.17) is 9.47 Å². The molecular weight excluding hydrogens is 338 g/mol. The van der Waals surface area contributed by atoms with Crippen LogP contribution < -0.4 is 10.1 Å². The third kappa shape index (κ3) is 6.46. The molecule has 0 aliphatic rings. The lowest BCUT2D eigenvalue weighted by Crippen LogP contribution is -2.19. The smallest absolute Gasteiger partial charge is 0.308 e. The van der Waals surface area contributed by atoms with Gasteiger partial charge >= 0.3 is 5.97 Å². The molecule has 0 heterocycles. The predicted octanol–water partition coefficient (Wildman–Crippen LogP) is 2.44. The zero-order chi connectivity index (χ0) is 15.7. The molecule has 5 nitrogen and oxygen atoms in total. The molecule has 0 unspecified atom stereocenters. The number of hydrogen-bond donors (Lipinski definition) is 1. The lowest BCUT2D eigenvalue weighted by atomic mass is 10.1. The largest absolute Gasteiger partial charge is 0.492 e. The van der Waals surface area contributed by atoms with Crippen molar-refractivity contribution >= 4 is 21.9 Å². The van der Waals surface area contributed by atoms with Gasteiger partial charge in [-0.15, -0.1) is 0 Å². The summed E-state index contributed by atoms with van der Waals surface area (Å²) in [4.78, 5) is 11.1. The number of esters is 1. The van der Waals surface area contributed by atoms with Crippen LogP contribution in [0.5, 0.6) is 5.75 Å². The Morgan fingerprint density at radius 3 is 2.71 bits per heavy atom. The number of methoxy groups -OCH3 is 2. The van der Waals surface area contributed by atoms with Crippen LogP contribution in [-0.2, 0) is 20.8 Å². The second kappa shape index (κ2) is 9.76. The Kier molecular flexibility index (Phi) is 8.34. The van der Waals surface area contributed by atoms with Gasteiger partial charge in [0.1, 0.15) is 5.75 Å². The fourth-order valence-electron chi connectivity index (χ4n) is 1.87. The maximum Gasteiger partial charge on any atom is 0.308 e. The van der Waals surface area contributed by atoms with E-state index in [1.807, 2.05) is 19.1 Å². The monoisotopic (exact) mass is 359 g/mol. The normalized spacial score (nSPS) is 10.5. The van der Waals surface area contributed by atoms with Crippen molar-refractivity contribution < 1.29 is 19.0 Å². The molecular formula is C15H22BrNO4. The topological polar surface area (TPSA) is 56.8 Å². The average molecular weight is 360 g/mol. The van der Waals surface area contributed by atoms with Crippen LogP contribution >= 0.6 is 15.9 Å². The summed E-state index contributed by atoms with van der Waals surface area (Å²) in [6, 6.07) is 4.01. The molecule has 0 fully saturated rings. The van der Waals surface area contributed by atoms with E-state index in [1.54, 1.807) is 7.11 Å². The van der Waals surface area contributed by atoms with E-state index in [-0.39, 0.29) is 12.4 Å². The Labute approximate surface area is 134 Å². The number of hydrogen-bond acceptors (Lipinski definition) is 5. The summed E-state index contributed by atoms with van der Waals surface area (Å²) >= 11 is 3.49. The molecule has 1 aromatic rings. The Hall–Kier alpha value is -1.11. The van der Waals surface area contributed by atoms with Crippen molar-refractivity contribution in [1.29, 1.82) is 0 Å². The molecule has 6 heteroatoms. The second-order valence-corrected chi connectivity index (χ2v) is 5.47. The summed E-state index contributed by atoms with van der Waals surface area (Å²) in [5.41, 5.74) is 2.07. The molecule has 0 aliphatic heterocycles. The van der Waals surface area contributed by atoms with E-state index < -0.39 is 0 Å². The zero-order valence-electron chi connectivity index (χ0n) is 12.7. The van der Waals surface area contributed by atoms with Gasteiger partial charge in [0.15, 0.2) is 0 Å². The van der Waals surface area contributed by atoms with Crippen LogP contribution in [0.25, 0.3) is 0 Å². The van der Waals surface area contributed by atoms with Gasteiger partial charge in [-0.2, -0.15) is 0 Å². The van der Waals surface area contributed by atoms with Crippen molar-refractivity contribution in [1.82, 2.24) is 5.32 Å². The van der Waals surface area contributed by atoms with E-state index in [1.165, 1.54) is 7.11 Å². The molecule has 0 radical (unpaired) electrons. The van der Waals surface area contributed by atoms with Crippen LogP contribution in [0.2, 0.25) is 0 Å². The van der Waals surface area contributed by atoms with Gasteiger partial charge in [0, 0.05) is 30.2 Å². The molecule has 0 saturated carbocycles. The number of carbonyl (C=O) groups excluding carboxylic acids is 1. The van der Waals surface area contributed by atoms with E-state index in [0.29, 0.717) is 19.8 Å². The Morgan fingerprint density at radius 2 is 2.05 bits per heavy atom. The van der Waals surface area contributed by atoms with Crippen molar-refractivity contribution in [3.05, 3.63) is 27.7 Å². The minimum atomic E-state index is -0.274. The quantitative estimate of drug-likeness (QED) is 0.542. The van der Waals surface area contributed by atoms with Gasteiger partial charge < -0.3 is 19.5 Å². The van der Waals surface area contributed by atoms with E-state index in [2.05, 4.69) is 26.0 Å². The Morgan fingerprint density at radius 1 is 1.29 bits per heavy atom. The number of aryl methyl sites for hydroxylation is 1. The molecule has 0 amide bonds. The molecule has 1 rings (SSSR count). The highest BCUT2D eigenvalue weighted by Gasteiger charge is 2.10. The Bertz CT molecular complexity index is 465. The summed E-state index contributed by atoms with van der Waals surface area (Å²) in [6.45, 7) is 4.39. The summed E-state index contributed by atoms with van der Waals surface area (Å²) in [5, 5.41) is 3.29. The molecule has 1 aromatic carbocycles. The van der Waals surface area contributed by atoms with Crippen LogP contribution in [0.4, 0.5) is 0 Å². The maximum absolute atomic E-state index is 11.1. The summed E-state index contributed by atoms with van der Waals surface area (Å²) in [6.07, 6.45) is 0.239. The van der Waals surface area contributed by atoms with Crippen molar-refractivity contribution in [2.24, 2.45) is 0 Å². The molecule has 1 N–H and O–H groups in total. The lowest BCUT2D eigenvalue weighted by Gasteiger charge is -2.15. The number of rotatable bonds is 9. The van der Waals surface area contributed by atoms with Crippen LogP contribution in [0.1, 0.15) is 17.5 Å². The van der Waals surface area contributed by atoms with Gasteiger partial charge in [0.2, 0.25) is 0 Å². The van der Waals surface area contributed by atoms with Gasteiger partial charge in [-0.25, -0.2) is 0 Å². The first kappa shape index (κ1) is 17.9. The third-order valence-corrected chi connectivity index (χ3v) is 3.35. The molecule has 0 spiro atoms. The van der Waals surface area contributed by atoms with Gasteiger partial charge in [0.25, 0.3) is 0 Å². The molecule has 21 heavy (non-hydrogen) atoms. The first-order valence-corrected chi connectivity index (χ1v) is 7.56. The first-order chi connectivity index (χ1) is 10.1. The van der Waals surface area contributed by atoms with Crippen molar-refractivity contribution in [3.8, 4) is 5.75 Å². The molecule has 0 atom stereocenters. The molecule has 0 saturated heterocycles. The fourth-order valence-corrected chi connectivity index (χ4v) is 2.49. The first-order valence-electron chi connectivity index (χ1n) is 6.76. The molecule has 0 bridgehead atoms. The molecule has 118 valence electrons. The number of nitrogens with one attached hydrogen (secondary N) is 1. The average Bonchev–Trinajstić information content (AvgIpc) is 2.45. The predicted molar refractivity (Wildman–Crippen MR) is 84.6 cm³/mol. The number of benzene rings is 1. The standard InChI is InChI=1S/C15H22BrNO4/c1-11-8-13(16)9-12(10-17-5-7-19-2)15(11)21-6-4-14(18)20-3/h8-9,17H,4-7,10H2,1-3H3. The third-order valence-electron chi connectivity index (χ3n) is 2.89. The second-order valence-electron chi connectivity index (χ2n) is 4.56. The van der Waals surface area contributed by atoms with E-state index in [9.17, 15) is 4.79 Å². The highest BCUT2D eigenvalue weighted by molar-refractivity contribution is 9.10. The maximum atomic E-state index is 11.1. The van der Waals surface area contributed by atoms with Gasteiger partial charge in [-0.3, -0.25) is 4.79 Å². The van der Waals surface area contributed by atoms with Crippen molar-refractivity contribution in [3.63, 3.8) is 0 Å². The lowest BCUT2D eigenvalue weighted by molar-refractivity contribution is -0.141. The minimum Gasteiger partial charge on any atom is -0.492 e. The number of carbonyl (C=O) groups is 1. The van der Waals surface area contributed by atoms with Crippen LogP contribution in [-0.4, -0.2) is 39.9 Å². The number of ether oxygens (including phenoxy) is 3. The van der Waals surface area contributed by atoms with Crippen LogP contribution in [0.3, 0.4) is 0 Å². The number of halogens is 1. The van der Waals surface area contributed by atoms with Gasteiger partial charge in [-0.05, 0) is 24.6 Å². The summed E-state index contributed by atoms with van der Waals surface area (Å²) in [7, 11) is 3.05. The van der Waals surface area contributed by atoms with Gasteiger partial charge in [-0.1, -0.05) is 15.9 Å². The van der Waals surface area contributed by atoms with Crippen molar-refractivity contribution in [2.75, 3.05) is 34.0 Å². The van der Waals surface area contributed by atoms with Crippen LogP contribution in [0, 0.1) is 6.92 Å². The SMILES string of the molecule is COCCNCc1cc(Br)cc(C)c1OCCC(=O)OC. The summed E-state index contributed by atoms with van der Waals surface area (Å²) < 4.78 is 16.4. The van der Waals surface area contributed by atoms with E-state index in [0.717, 1.165) is 27.9 Å². The van der Waals surface area contributed by atoms with E-state index >= 15 is 0 Å². The van der Waals surface area contributed by atoms with Gasteiger partial charge in [0.05, 0.1) is 26.7 Å². The highest BCUT2D eigenvalue weighted by atomic mass is 79.9. The zero-order valence-corrected chi connectivity index (χ0v) is 14.3. The summed E-state index contributed by atoms with van der Waals surface area (Å²) in [5.74, 6) is 0.538.